The van der Waals surface area contributed by atoms with Crippen molar-refractivity contribution in [2.45, 2.75) is 57.7 Å². The van der Waals surface area contributed by atoms with Gasteiger partial charge in [-0.2, -0.15) is 0 Å². The summed E-state index contributed by atoms with van der Waals surface area (Å²) in [5.74, 6) is 4.42. The zero-order valence-corrected chi connectivity index (χ0v) is 13.5. The Balaban J connectivity index is 2.14. The molecule has 1 rings (SSSR count). The van der Waals surface area contributed by atoms with Gasteiger partial charge in [0.2, 0.25) is 0 Å². The van der Waals surface area contributed by atoms with Crippen molar-refractivity contribution in [2.75, 3.05) is 18.1 Å². The molecule has 1 aliphatic rings. The highest BCUT2D eigenvalue weighted by Crippen LogP contribution is 2.19. The summed E-state index contributed by atoms with van der Waals surface area (Å²) < 4.78 is 5.27. The lowest BCUT2D eigenvalue weighted by Gasteiger charge is -2.21. The molecule has 2 N–H and O–H groups in total. The normalized spacial score (nSPS) is 22.3. The summed E-state index contributed by atoms with van der Waals surface area (Å²) in [5, 5.41) is 6.45. The van der Waals surface area contributed by atoms with Crippen LogP contribution in [0.4, 0.5) is 4.79 Å². The number of hydrogen-bond donors (Lipinski definition) is 2. The van der Waals surface area contributed by atoms with E-state index in [1.165, 1.54) is 0 Å². The zero-order chi connectivity index (χ0) is 15.0. The minimum absolute atomic E-state index is 0.223. The fraction of sp³-hybridized carbons (Fsp3) is 0.800. The fourth-order valence-electron chi connectivity index (χ4n) is 2.24. The Morgan fingerprint density at radius 1 is 1.40 bits per heavy atom. The Morgan fingerprint density at radius 2 is 2.10 bits per heavy atom. The minimum Gasteiger partial charge on any atom is -0.444 e. The van der Waals surface area contributed by atoms with E-state index in [4.69, 9.17) is 11.2 Å². The van der Waals surface area contributed by atoms with Crippen LogP contribution in [0.15, 0.2) is 0 Å². The van der Waals surface area contributed by atoms with E-state index in [1.807, 2.05) is 20.8 Å². The van der Waals surface area contributed by atoms with E-state index in [9.17, 15) is 4.79 Å². The Labute approximate surface area is 126 Å². The van der Waals surface area contributed by atoms with Gasteiger partial charge < -0.3 is 15.4 Å². The quantitative estimate of drug-likeness (QED) is 0.584. The molecule has 2 unspecified atom stereocenters. The third kappa shape index (κ3) is 7.66. The van der Waals surface area contributed by atoms with Crippen LogP contribution in [0.3, 0.4) is 0 Å². The average molecular weight is 298 g/mol. The molecular formula is C15H26N2O2S. The third-order valence-corrected chi connectivity index (χ3v) is 3.88. The molecule has 0 aromatic heterocycles. The summed E-state index contributed by atoms with van der Waals surface area (Å²) in [4.78, 5) is 11.7. The van der Waals surface area contributed by atoms with Crippen LogP contribution < -0.4 is 10.6 Å². The molecule has 0 aromatic carbocycles. The molecule has 0 radical (unpaired) electrons. The number of ether oxygens (including phenoxy) is 1. The van der Waals surface area contributed by atoms with Crippen LogP contribution in [-0.4, -0.2) is 41.8 Å². The molecule has 0 aromatic rings. The lowest BCUT2D eigenvalue weighted by molar-refractivity contribution is 0.0505. The number of hydrogen-bond acceptors (Lipinski definition) is 4. The second kappa shape index (κ2) is 8.43. The van der Waals surface area contributed by atoms with E-state index in [0.29, 0.717) is 6.04 Å². The van der Waals surface area contributed by atoms with E-state index < -0.39 is 5.60 Å². The van der Waals surface area contributed by atoms with Gasteiger partial charge in [-0.1, -0.05) is 5.92 Å². The molecule has 1 fully saturated rings. The van der Waals surface area contributed by atoms with Gasteiger partial charge >= 0.3 is 6.09 Å². The largest absolute Gasteiger partial charge is 0.444 e. The number of alkyl carbamates (subject to hydrolysis) is 1. The van der Waals surface area contributed by atoms with E-state index in [0.717, 1.165) is 37.3 Å². The zero-order valence-electron chi connectivity index (χ0n) is 12.7. The molecule has 1 saturated carbocycles. The van der Waals surface area contributed by atoms with Crippen LogP contribution in [0.25, 0.3) is 0 Å². The molecule has 1 amide bonds. The fourth-order valence-corrected chi connectivity index (χ4v) is 2.76. The number of nitrogens with one attached hydrogen (secondary N) is 2. The maximum Gasteiger partial charge on any atom is 0.407 e. The third-order valence-electron chi connectivity index (χ3n) is 3.02. The summed E-state index contributed by atoms with van der Waals surface area (Å²) in [5.41, 5.74) is -0.436. The van der Waals surface area contributed by atoms with Crippen molar-refractivity contribution in [2.24, 2.45) is 0 Å². The SMILES string of the molecule is C#CCSCCNC1CCC(NC(=O)OC(C)(C)C)C1. The van der Waals surface area contributed by atoms with Gasteiger partial charge in [0.1, 0.15) is 5.60 Å². The molecule has 0 spiro atoms. The summed E-state index contributed by atoms with van der Waals surface area (Å²) in [6.45, 7) is 6.59. The highest BCUT2D eigenvalue weighted by molar-refractivity contribution is 7.99. The van der Waals surface area contributed by atoms with Crippen molar-refractivity contribution in [3.05, 3.63) is 0 Å². The van der Waals surface area contributed by atoms with Crippen LogP contribution in [0.5, 0.6) is 0 Å². The van der Waals surface area contributed by atoms with Gasteiger partial charge in [-0.15, -0.1) is 18.2 Å². The summed E-state index contributed by atoms with van der Waals surface area (Å²) >= 11 is 1.77. The molecule has 0 bridgehead atoms. The summed E-state index contributed by atoms with van der Waals surface area (Å²) in [6, 6.07) is 0.710. The van der Waals surface area contributed by atoms with Crippen molar-refractivity contribution < 1.29 is 9.53 Å². The lowest BCUT2D eigenvalue weighted by Crippen LogP contribution is -2.39. The van der Waals surface area contributed by atoms with Crippen molar-refractivity contribution in [1.82, 2.24) is 10.6 Å². The van der Waals surface area contributed by atoms with Crippen LogP contribution in [0.2, 0.25) is 0 Å². The summed E-state index contributed by atoms with van der Waals surface area (Å²) in [7, 11) is 0. The average Bonchev–Trinajstić information content (AvgIpc) is 2.74. The summed E-state index contributed by atoms with van der Waals surface area (Å²) in [6.07, 6.45) is 7.96. The molecule has 20 heavy (non-hydrogen) atoms. The maximum atomic E-state index is 11.7. The highest BCUT2D eigenvalue weighted by atomic mass is 32.2. The molecule has 0 heterocycles. The first-order valence-electron chi connectivity index (χ1n) is 7.15. The number of amides is 1. The van der Waals surface area contributed by atoms with Crippen molar-refractivity contribution in [1.29, 1.82) is 0 Å². The number of carbonyl (C=O) groups is 1. The molecule has 0 saturated heterocycles. The molecule has 114 valence electrons. The van der Waals surface area contributed by atoms with Gasteiger partial charge in [0.15, 0.2) is 0 Å². The van der Waals surface area contributed by atoms with Crippen LogP contribution >= 0.6 is 11.8 Å². The van der Waals surface area contributed by atoms with E-state index in [1.54, 1.807) is 11.8 Å². The smallest absolute Gasteiger partial charge is 0.407 e. The van der Waals surface area contributed by atoms with Gasteiger partial charge in [-0.3, -0.25) is 0 Å². The number of terminal acetylenes is 1. The Kier molecular flexibility index (Phi) is 7.25. The lowest BCUT2D eigenvalue weighted by atomic mass is 10.2. The van der Waals surface area contributed by atoms with Gasteiger partial charge in [-0.05, 0) is 40.0 Å². The predicted molar refractivity (Wildman–Crippen MR) is 85.0 cm³/mol. The number of carbonyl (C=O) groups excluding carboxylic acids is 1. The van der Waals surface area contributed by atoms with Crippen molar-refractivity contribution >= 4 is 17.9 Å². The van der Waals surface area contributed by atoms with Gasteiger partial charge in [-0.25, -0.2) is 4.79 Å². The predicted octanol–water partition coefficient (Wildman–Crippen LogP) is 2.39. The molecule has 1 aliphatic carbocycles. The molecule has 2 atom stereocenters. The van der Waals surface area contributed by atoms with Gasteiger partial charge in [0.05, 0.1) is 5.75 Å². The van der Waals surface area contributed by atoms with E-state index >= 15 is 0 Å². The Bertz CT molecular complexity index is 347. The topological polar surface area (TPSA) is 50.4 Å². The first kappa shape index (κ1) is 17.2. The van der Waals surface area contributed by atoms with Crippen molar-refractivity contribution in [3.8, 4) is 12.3 Å². The van der Waals surface area contributed by atoms with Crippen LogP contribution in [0.1, 0.15) is 40.0 Å². The molecule has 4 nitrogen and oxygen atoms in total. The number of rotatable bonds is 6. The highest BCUT2D eigenvalue weighted by Gasteiger charge is 2.27. The van der Waals surface area contributed by atoms with E-state index in [2.05, 4.69) is 16.6 Å². The van der Waals surface area contributed by atoms with Crippen molar-refractivity contribution in [3.63, 3.8) is 0 Å². The molecular weight excluding hydrogens is 272 g/mol. The molecule has 5 heteroatoms. The number of thioether (sulfide) groups is 1. The van der Waals surface area contributed by atoms with Gasteiger partial charge in [0.25, 0.3) is 0 Å². The van der Waals surface area contributed by atoms with Gasteiger partial charge in [0, 0.05) is 24.4 Å². The van der Waals surface area contributed by atoms with Crippen LogP contribution in [-0.2, 0) is 4.74 Å². The Morgan fingerprint density at radius 3 is 2.75 bits per heavy atom. The second-order valence-electron chi connectivity index (χ2n) is 6.06. The minimum atomic E-state index is -0.436. The first-order chi connectivity index (χ1) is 9.40. The molecule has 0 aliphatic heterocycles. The second-order valence-corrected chi connectivity index (χ2v) is 7.17. The Hall–Kier alpha value is -0.860. The van der Waals surface area contributed by atoms with E-state index in [-0.39, 0.29) is 12.1 Å². The monoisotopic (exact) mass is 298 g/mol. The first-order valence-corrected chi connectivity index (χ1v) is 8.30. The standard InChI is InChI=1S/C15H26N2O2S/c1-5-9-20-10-8-16-12-6-7-13(11-12)17-14(18)19-15(2,3)4/h1,12-13,16H,6-11H2,2-4H3,(H,17,18). The maximum absolute atomic E-state index is 11.7. The van der Waals surface area contributed by atoms with Crippen LogP contribution in [0, 0.1) is 12.3 Å².